The molecule has 0 saturated carbocycles. The number of nitrogens with zero attached hydrogens (tertiary/aromatic N) is 1. The number of oxazole rings is 1. The van der Waals surface area contributed by atoms with Gasteiger partial charge in [-0.3, -0.25) is 4.79 Å². The van der Waals surface area contributed by atoms with Gasteiger partial charge in [0.15, 0.2) is 5.58 Å². The minimum atomic E-state index is -4.96. The smallest absolute Gasteiger partial charge is 0.436 e. The van der Waals surface area contributed by atoms with E-state index in [1.807, 2.05) is 54.6 Å². The van der Waals surface area contributed by atoms with Crippen molar-refractivity contribution in [2.24, 2.45) is 0 Å². The molecule has 28 heavy (non-hydrogen) atoms. The summed E-state index contributed by atoms with van der Waals surface area (Å²) >= 11 is 0. The lowest BCUT2D eigenvalue weighted by Gasteiger charge is -2.07. The summed E-state index contributed by atoms with van der Waals surface area (Å²) in [5, 5.41) is 1.80. The number of carbonyl (C=O) groups is 1. The van der Waals surface area contributed by atoms with E-state index in [9.17, 15) is 18.0 Å². The maximum atomic E-state index is 12.4. The Balaban J connectivity index is 1.60. The van der Waals surface area contributed by atoms with E-state index in [-0.39, 0.29) is 11.3 Å². The molecule has 0 aliphatic carbocycles. The largest absolute Gasteiger partial charge is 0.471 e. The highest BCUT2D eigenvalue weighted by Crippen LogP contribution is 2.29. The molecule has 0 radical (unpaired) electrons. The maximum absolute atomic E-state index is 12.4. The first kappa shape index (κ1) is 17.8. The van der Waals surface area contributed by atoms with Gasteiger partial charge in [-0.15, -0.1) is 0 Å². The van der Waals surface area contributed by atoms with Gasteiger partial charge in [0.2, 0.25) is 5.89 Å². The summed E-state index contributed by atoms with van der Waals surface area (Å²) in [6, 6.07) is 21.6. The lowest BCUT2D eigenvalue weighted by Crippen LogP contribution is -2.29. The third-order valence-corrected chi connectivity index (χ3v) is 4.14. The second kappa shape index (κ2) is 6.84. The zero-order valence-corrected chi connectivity index (χ0v) is 14.3. The molecule has 0 saturated heterocycles. The van der Waals surface area contributed by atoms with Crippen molar-refractivity contribution in [1.82, 2.24) is 4.98 Å². The van der Waals surface area contributed by atoms with E-state index in [1.54, 1.807) is 5.32 Å². The molecule has 1 heterocycles. The molecule has 0 aliphatic rings. The van der Waals surface area contributed by atoms with Crippen LogP contribution < -0.4 is 5.32 Å². The van der Waals surface area contributed by atoms with Crippen LogP contribution in [-0.4, -0.2) is 17.1 Å². The summed E-state index contributed by atoms with van der Waals surface area (Å²) in [7, 11) is 0. The fourth-order valence-corrected chi connectivity index (χ4v) is 2.76. The van der Waals surface area contributed by atoms with Crippen LogP contribution in [0.1, 0.15) is 0 Å². The number of benzene rings is 3. The van der Waals surface area contributed by atoms with E-state index >= 15 is 0 Å². The van der Waals surface area contributed by atoms with E-state index in [4.69, 9.17) is 4.42 Å². The molecule has 0 unspecified atom stereocenters. The van der Waals surface area contributed by atoms with Crippen LogP contribution in [0.5, 0.6) is 0 Å². The van der Waals surface area contributed by atoms with E-state index in [0.717, 1.165) is 16.7 Å². The number of fused-ring (bicyclic) bond motifs is 1. The zero-order chi connectivity index (χ0) is 19.7. The van der Waals surface area contributed by atoms with Crippen LogP contribution in [0.3, 0.4) is 0 Å². The number of nitrogens with one attached hydrogen (secondary N) is 1. The normalized spacial score (nSPS) is 11.5. The Morgan fingerprint density at radius 3 is 2.18 bits per heavy atom. The second-order valence-corrected chi connectivity index (χ2v) is 6.10. The molecule has 0 bridgehead atoms. The number of carbonyl (C=O) groups excluding carboxylic acids is 1. The minimum Gasteiger partial charge on any atom is -0.436 e. The Bertz CT molecular complexity index is 1130. The molecule has 0 fully saturated rings. The predicted molar refractivity (Wildman–Crippen MR) is 99.6 cm³/mol. The van der Waals surface area contributed by atoms with Gasteiger partial charge in [0.05, 0.1) is 0 Å². The SMILES string of the molecule is O=C(Nc1ccc2nc(-c3ccc(-c4ccccc4)cc3)oc2c1)C(F)(F)F. The molecule has 1 N–H and O–H groups in total. The molecule has 1 amide bonds. The summed E-state index contributed by atoms with van der Waals surface area (Å²) < 4.78 is 42.8. The topological polar surface area (TPSA) is 55.1 Å². The van der Waals surface area contributed by atoms with Crippen molar-refractivity contribution in [3.63, 3.8) is 0 Å². The highest BCUT2D eigenvalue weighted by molar-refractivity contribution is 5.96. The first-order valence-corrected chi connectivity index (χ1v) is 8.35. The molecule has 0 aliphatic heterocycles. The fourth-order valence-electron chi connectivity index (χ4n) is 2.76. The first-order chi connectivity index (χ1) is 13.4. The van der Waals surface area contributed by atoms with E-state index in [2.05, 4.69) is 4.98 Å². The van der Waals surface area contributed by atoms with Crippen LogP contribution in [0.2, 0.25) is 0 Å². The van der Waals surface area contributed by atoms with Crippen LogP contribution in [0, 0.1) is 0 Å². The maximum Gasteiger partial charge on any atom is 0.471 e. The number of anilines is 1. The Morgan fingerprint density at radius 1 is 0.857 bits per heavy atom. The van der Waals surface area contributed by atoms with Crippen LogP contribution in [-0.2, 0) is 4.79 Å². The number of hydrogen-bond acceptors (Lipinski definition) is 3. The van der Waals surface area contributed by atoms with Gasteiger partial charge in [0, 0.05) is 17.3 Å². The summed E-state index contributed by atoms with van der Waals surface area (Å²) in [4.78, 5) is 15.4. The average molecular weight is 382 g/mol. The van der Waals surface area contributed by atoms with Gasteiger partial charge in [-0.1, -0.05) is 42.5 Å². The van der Waals surface area contributed by atoms with Gasteiger partial charge in [-0.2, -0.15) is 13.2 Å². The van der Waals surface area contributed by atoms with Gasteiger partial charge in [0.25, 0.3) is 0 Å². The third-order valence-electron chi connectivity index (χ3n) is 4.14. The number of amides is 1. The van der Waals surface area contributed by atoms with Crippen molar-refractivity contribution in [3.8, 4) is 22.6 Å². The molecule has 4 rings (SSSR count). The molecule has 140 valence electrons. The Kier molecular flexibility index (Phi) is 4.35. The van der Waals surface area contributed by atoms with Crippen LogP contribution in [0.15, 0.2) is 77.2 Å². The zero-order valence-electron chi connectivity index (χ0n) is 14.3. The number of halogens is 3. The van der Waals surface area contributed by atoms with Crippen molar-refractivity contribution < 1.29 is 22.4 Å². The molecular formula is C21H13F3N2O2. The van der Waals surface area contributed by atoms with Crippen molar-refractivity contribution >= 4 is 22.7 Å². The van der Waals surface area contributed by atoms with Crippen molar-refractivity contribution in [2.75, 3.05) is 5.32 Å². The number of hydrogen-bond donors (Lipinski definition) is 1. The lowest BCUT2D eigenvalue weighted by atomic mass is 10.0. The minimum absolute atomic E-state index is 0.0167. The van der Waals surface area contributed by atoms with Gasteiger partial charge in [-0.05, 0) is 35.4 Å². The molecule has 0 atom stereocenters. The molecular weight excluding hydrogens is 369 g/mol. The van der Waals surface area contributed by atoms with Crippen LogP contribution in [0.25, 0.3) is 33.7 Å². The fraction of sp³-hybridized carbons (Fsp3) is 0.0476. The Labute approximate surface area is 157 Å². The quantitative estimate of drug-likeness (QED) is 0.497. The van der Waals surface area contributed by atoms with Crippen molar-refractivity contribution in [2.45, 2.75) is 6.18 Å². The standard InChI is InChI=1S/C21H13F3N2O2/c22-21(23,24)20(27)25-16-10-11-17-18(12-16)28-19(26-17)15-8-6-14(7-9-15)13-4-2-1-3-5-13/h1-12H,(H,25,27). The highest BCUT2D eigenvalue weighted by Gasteiger charge is 2.38. The van der Waals surface area contributed by atoms with E-state index in [0.29, 0.717) is 11.4 Å². The van der Waals surface area contributed by atoms with E-state index in [1.165, 1.54) is 18.2 Å². The van der Waals surface area contributed by atoms with Gasteiger partial charge >= 0.3 is 12.1 Å². The van der Waals surface area contributed by atoms with Crippen molar-refractivity contribution in [3.05, 3.63) is 72.8 Å². The van der Waals surface area contributed by atoms with Gasteiger partial charge in [0.1, 0.15) is 5.52 Å². The monoisotopic (exact) mass is 382 g/mol. The lowest BCUT2D eigenvalue weighted by molar-refractivity contribution is -0.167. The van der Waals surface area contributed by atoms with Gasteiger partial charge in [-0.25, -0.2) is 4.98 Å². The second-order valence-electron chi connectivity index (χ2n) is 6.10. The Morgan fingerprint density at radius 2 is 1.50 bits per heavy atom. The summed E-state index contributed by atoms with van der Waals surface area (Å²) in [5.74, 6) is -1.70. The Hall–Kier alpha value is -3.61. The van der Waals surface area contributed by atoms with Gasteiger partial charge < -0.3 is 9.73 Å². The molecule has 4 aromatic rings. The number of alkyl halides is 3. The third kappa shape index (κ3) is 3.59. The first-order valence-electron chi connectivity index (χ1n) is 8.35. The highest BCUT2D eigenvalue weighted by atomic mass is 19.4. The molecule has 4 nitrogen and oxygen atoms in total. The van der Waals surface area contributed by atoms with E-state index < -0.39 is 12.1 Å². The van der Waals surface area contributed by atoms with Crippen LogP contribution in [0.4, 0.5) is 18.9 Å². The number of aromatic nitrogens is 1. The predicted octanol–water partition coefficient (Wildman–Crippen LogP) is 5.66. The molecule has 0 spiro atoms. The molecule has 1 aromatic heterocycles. The summed E-state index contributed by atoms with van der Waals surface area (Å²) in [6.07, 6.45) is -4.96. The van der Waals surface area contributed by atoms with Crippen LogP contribution >= 0.6 is 0 Å². The summed E-state index contributed by atoms with van der Waals surface area (Å²) in [5.41, 5.74) is 3.59. The summed E-state index contributed by atoms with van der Waals surface area (Å²) in [6.45, 7) is 0. The number of rotatable bonds is 3. The average Bonchev–Trinajstić information content (AvgIpc) is 3.11. The molecule has 3 aromatic carbocycles. The van der Waals surface area contributed by atoms with Crippen molar-refractivity contribution in [1.29, 1.82) is 0 Å². The molecule has 7 heteroatoms.